The van der Waals surface area contributed by atoms with Crippen LogP contribution < -0.4 is 4.90 Å². The summed E-state index contributed by atoms with van der Waals surface area (Å²) in [6.07, 6.45) is 1.79. The molecule has 0 unspecified atom stereocenters. The molecule has 0 aliphatic heterocycles. The Hall–Kier alpha value is -1.58. The van der Waals surface area contributed by atoms with Gasteiger partial charge in [0.1, 0.15) is 5.82 Å². The van der Waals surface area contributed by atoms with Crippen molar-refractivity contribution in [2.75, 3.05) is 19.0 Å². The minimum atomic E-state index is -0.250. The van der Waals surface area contributed by atoms with Crippen LogP contribution in [0.2, 0.25) is 0 Å². The van der Waals surface area contributed by atoms with Gasteiger partial charge in [0.25, 0.3) is 6.47 Å². The molecule has 4 heteroatoms. The number of carboxylic acid groups (broad SMARTS) is 1. The molecule has 0 amide bonds. The number of aromatic nitrogens is 1. The lowest BCUT2D eigenvalue weighted by molar-refractivity contribution is -0.122. The highest BCUT2D eigenvalue weighted by molar-refractivity contribution is 5.34. The molecule has 0 saturated heterocycles. The maximum atomic E-state index is 8.36. The van der Waals surface area contributed by atoms with Crippen molar-refractivity contribution in [3.05, 3.63) is 24.4 Å². The Bertz CT molecular complexity index is 212. The van der Waals surface area contributed by atoms with Crippen molar-refractivity contribution in [3.63, 3.8) is 0 Å². The van der Waals surface area contributed by atoms with Crippen LogP contribution in [-0.4, -0.2) is 30.7 Å². The fraction of sp³-hybridized carbons (Fsp3) is 0.250. The molecule has 1 N–H and O–H groups in total. The second-order valence-corrected chi connectivity index (χ2v) is 2.19. The van der Waals surface area contributed by atoms with Gasteiger partial charge in [0.15, 0.2) is 0 Å². The summed E-state index contributed by atoms with van der Waals surface area (Å²) in [5.41, 5.74) is 0. The van der Waals surface area contributed by atoms with E-state index in [1.54, 1.807) is 6.20 Å². The van der Waals surface area contributed by atoms with Crippen molar-refractivity contribution < 1.29 is 9.90 Å². The molecule has 0 fully saturated rings. The molecule has 0 spiro atoms. The largest absolute Gasteiger partial charge is 0.483 e. The summed E-state index contributed by atoms with van der Waals surface area (Å²) >= 11 is 0. The molecule has 0 radical (unpaired) electrons. The quantitative estimate of drug-likeness (QED) is 0.631. The SMILES string of the molecule is CN(C)c1ccccn1.O=CO. The van der Waals surface area contributed by atoms with E-state index in [2.05, 4.69) is 4.98 Å². The summed E-state index contributed by atoms with van der Waals surface area (Å²) in [6, 6.07) is 5.86. The Morgan fingerprint density at radius 1 is 1.50 bits per heavy atom. The summed E-state index contributed by atoms with van der Waals surface area (Å²) in [7, 11) is 3.95. The molecule has 1 aromatic rings. The maximum Gasteiger partial charge on any atom is 0.290 e. The normalized spacial score (nSPS) is 7.83. The third kappa shape index (κ3) is 4.27. The van der Waals surface area contributed by atoms with Gasteiger partial charge < -0.3 is 10.0 Å². The van der Waals surface area contributed by atoms with E-state index in [1.807, 2.05) is 37.2 Å². The predicted octanol–water partition coefficient (Wildman–Crippen LogP) is 0.848. The van der Waals surface area contributed by atoms with Gasteiger partial charge in [0.2, 0.25) is 0 Å². The van der Waals surface area contributed by atoms with Crippen LogP contribution in [0.5, 0.6) is 0 Å². The van der Waals surface area contributed by atoms with Crippen LogP contribution in [0, 0.1) is 0 Å². The fourth-order valence-corrected chi connectivity index (χ4v) is 0.618. The van der Waals surface area contributed by atoms with Crippen molar-refractivity contribution in [2.24, 2.45) is 0 Å². The van der Waals surface area contributed by atoms with Crippen molar-refractivity contribution in [1.29, 1.82) is 0 Å². The Morgan fingerprint density at radius 3 is 2.33 bits per heavy atom. The zero-order valence-electron chi connectivity index (χ0n) is 7.14. The first-order valence-electron chi connectivity index (χ1n) is 3.38. The van der Waals surface area contributed by atoms with Gasteiger partial charge >= 0.3 is 0 Å². The van der Waals surface area contributed by atoms with Gasteiger partial charge in [-0.25, -0.2) is 4.98 Å². The molecular weight excluding hydrogens is 156 g/mol. The van der Waals surface area contributed by atoms with E-state index in [9.17, 15) is 0 Å². The summed E-state index contributed by atoms with van der Waals surface area (Å²) in [4.78, 5) is 14.4. The van der Waals surface area contributed by atoms with Crippen molar-refractivity contribution in [1.82, 2.24) is 4.98 Å². The molecule has 1 aromatic heterocycles. The van der Waals surface area contributed by atoms with Crippen LogP contribution in [0.4, 0.5) is 5.82 Å². The van der Waals surface area contributed by atoms with E-state index in [0.29, 0.717) is 0 Å². The van der Waals surface area contributed by atoms with Gasteiger partial charge in [-0.1, -0.05) is 6.07 Å². The molecule has 4 nitrogen and oxygen atoms in total. The molecule has 1 heterocycles. The topological polar surface area (TPSA) is 53.4 Å². The van der Waals surface area contributed by atoms with E-state index < -0.39 is 0 Å². The minimum absolute atomic E-state index is 0.250. The highest BCUT2D eigenvalue weighted by atomic mass is 16.3. The second-order valence-electron chi connectivity index (χ2n) is 2.19. The lowest BCUT2D eigenvalue weighted by atomic mass is 10.4. The van der Waals surface area contributed by atoms with Gasteiger partial charge in [-0.2, -0.15) is 0 Å². The number of hydrogen-bond donors (Lipinski definition) is 1. The van der Waals surface area contributed by atoms with Crippen molar-refractivity contribution in [3.8, 4) is 0 Å². The molecule has 0 aliphatic rings. The van der Waals surface area contributed by atoms with Gasteiger partial charge in [0.05, 0.1) is 0 Å². The maximum absolute atomic E-state index is 8.36. The van der Waals surface area contributed by atoms with Crippen LogP contribution in [0.1, 0.15) is 0 Å². The summed E-state index contributed by atoms with van der Waals surface area (Å²) in [5, 5.41) is 6.89. The van der Waals surface area contributed by atoms with E-state index in [0.717, 1.165) is 5.82 Å². The number of pyridine rings is 1. The van der Waals surface area contributed by atoms with E-state index >= 15 is 0 Å². The average molecular weight is 168 g/mol. The number of hydrogen-bond acceptors (Lipinski definition) is 3. The standard InChI is InChI=1S/C7H10N2.CH2O2/c1-9(2)7-5-3-4-6-8-7;2-1-3/h3-6H,1-2H3;1H,(H,2,3). The van der Waals surface area contributed by atoms with Crippen LogP contribution in [0.15, 0.2) is 24.4 Å². The molecule has 0 bridgehead atoms. The molecule has 12 heavy (non-hydrogen) atoms. The zero-order chi connectivity index (χ0) is 9.40. The molecule has 0 aromatic carbocycles. The molecule has 0 saturated carbocycles. The predicted molar refractivity (Wildman–Crippen MR) is 47.3 cm³/mol. The second kappa shape index (κ2) is 6.15. The van der Waals surface area contributed by atoms with Crippen molar-refractivity contribution in [2.45, 2.75) is 0 Å². The third-order valence-electron chi connectivity index (χ3n) is 1.11. The summed E-state index contributed by atoms with van der Waals surface area (Å²) < 4.78 is 0. The Morgan fingerprint density at radius 2 is 2.08 bits per heavy atom. The summed E-state index contributed by atoms with van der Waals surface area (Å²) in [6.45, 7) is -0.250. The monoisotopic (exact) mass is 168 g/mol. The molecule has 0 atom stereocenters. The molecular formula is C8H12N2O2. The average Bonchev–Trinajstić information content (AvgIpc) is 2.07. The Balaban J connectivity index is 0.000000354. The molecule has 1 rings (SSSR count). The van der Waals surface area contributed by atoms with E-state index in [-0.39, 0.29) is 6.47 Å². The Kier molecular flexibility index (Phi) is 5.34. The summed E-state index contributed by atoms with van der Waals surface area (Å²) in [5.74, 6) is 0.998. The first kappa shape index (κ1) is 10.4. The van der Waals surface area contributed by atoms with Crippen LogP contribution in [0.25, 0.3) is 0 Å². The molecule has 66 valence electrons. The lowest BCUT2D eigenvalue weighted by Gasteiger charge is -2.08. The van der Waals surface area contributed by atoms with E-state index in [1.165, 1.54) is 0 Å². The number of carbonyl (C=O) groups is 1. The first-order chi connectivity index (χ1) is 5.72. The highest BCUT2D eigenvalue weighted by Gasteiger charge is 1.89. The highest BCUT2D eigenvalue weighted by Crippen LogP contribution is 2.02. The zero-order valence-corrected chi connectivity index (χ0v) is 7.14. The fourth-order valence-electron chi connectivity index (χ4n) is 0.618. The first-order valence-corrected chi connectivity index (χ1v) is 3.38. The number of anilines is 1. The molecule has 0 aliphatic carbocycles. The Labute approximate surface area is 71.5 Å². The lowest BCUT2D eigenvalue weighted by Crippen LogP contribution is -2.09. The van der Waals surface area contributed by atoms with E-state index in [4.69, 9.17) is 9.90 Å². The third-order valence-corrected chi connectivity index (χ3v) is 1.11. The van der Waals surface area contributed by atoms with Crippen LogP contribution >= 0.6 is 0 Å². The van der Waals surface area contributed by atoms with Gasteiger partial charge in [-0.3, -0.25) is 4.79 Å². The van der Waals surface area contributed by atoms with Crippen LogP contribution in [-0.2, 0) is 4.79 Å². The van der Waals surface area contributed by atoms with Crippen LogP contribution in [0.3, 0.4) is 0 Å². The number of rotatable bonds is 1. The van der Waals surface area contributed by atoms with Gasteiger partial charge in [-0.15, -0.1) is 0 Å². The minimum Gasteiger partial charge on any atom is -0.483 e. The smallest absolute Gasteiger partial charge is 0.290 e. The van der Waals surface area contributed by atoms with Gasteiger partial charge in [0, 0.05) is 20.3 Å². The van der Waals surface area contributed by atoms with Crippen molar-refractivity contribution >= 4 is 12.3 Å². The van der Waals surface area contributed by atoms with Gasteiger partial charge in [-0.05, 0) is 12.1 Å². The number of nitrogens with zero attached hydrogens (tertiary/aromatic N) is 2.